The lowest BCUT2D eigenvalue weighted by molar-refractivity contribution is -0.275. The second-order valence-electron chi connectivity index (χ2n) is 9.01. The number of hydrogen-bond donors (Lipinski definition) is 0. The van der Waals surface area contributed by atoms with Crippen LogP contribution in [0.15, 0.2) is 42.5 Å². The quantitative estimate of drug-likeness (QED) is 0.317. The van der Waals surface area contributed by atoms with Crippen molar-refractivity contribution in [3.8, 4) is 5.75 Å². The molecule has 178 valence electrons. The Kier molecular flexibility index (Phi) is 6.78. The summed E-state index contributed by atoms with van der Waals surface area (Å²) >= 11 is 0. The molecule has 7 heteroatoms. The Hall–Kier alpha value is -2.44. The maximum atomic E-state index is 14.6. The highest BCUT2D eigenvalue weighted by molar-refractivity contribution is 5.39. The summed E-state index contributed by atoms with van der Waals surface area (Å²) in [5.74, 6) is -3.05. The van der Waals surface area contributed by atoms with Crippen molar-refractivity contribution in [2.45, 2.75) is 63.6 Å². The molecule has 2 aromatic carbocycles. The molecule has 0 unspecified atom stereocenters. The Bertz CT molecular complexity index is 1030. The van der Waals surface area contributed by atoms with Crippen LogP contribution in [0.1, 0.15) is 67.6 Å². The third kappa shape index (κ3) is 5.07. The van der Waals surface area contributed by atoms with Gasteiger partial charge in [0.1, 0.15) is 11.6 Å². The van der Waals surface area contributed by atoms with Crippen molar-refractivity contribution in [3.05, 3.63) is 76.6 Å². The SMILES string of the molecule is C/C=C/CC[C@@H]1CC[C@H]2c3cc(F)cc(F)c3CC[C@@H]2[C@H]1c1ccc(OC(F)(F)F)c(F)c1. The van der Waals surface area contributed by atoms with Gasteiger partial charge in [-0.25, -0.2) is 13.2 Å². The zero-order valence-electron chi connectivity index (χ0n) is 18.3. The molecule has 0 radical (unpaired) electrons. The van der Waals surface area contributed by atoms with E-state index in [1.165, 1.54) is 12.1 Å². The minimum absolute atomic E-state index is 0.0249. The zero-order chi connectivity index (χ0) is 23.8. The van der Waals surface area contributed by atoms with Crippen molar-refractivity contribution in [2.75, 3.05) is 0 Å². The summed E-state index contributed by atoms with van der Waals surface area (Å²) in [6.45, 7) is 1.93. The molecule has 0 aliphatic heterocycles. The normalized spacial score (nSPS) is 25.1. The summed E-state index contributed by atoms with van der Waals surface area (Å²) in [5, 5.41) is 0. The Balaban J connectivity index is 1.71. The molecule has 2 aromatic rings. The first-order valence-corrected chi connectivity index (χ1v) is 11.3. The predicted molar refractivity (Wildman–Crippen MR) is 114 cm³/mol. The van der Waals surface area contributed by atoms with Gasteiger partial charge in [0.25, 0.3) is 0 Å². The third-order valence-electron chi connectivity index (χ3n) is 7.16. The van der Waals surface area contributed by atoms with Gasteiger partial charge in [0.2, 0.25) is 0 Å². The van der Waals surface area contributed by atoms with E-state index in [1.54, 1.807) is 0 Å². The fourth-order valence-corrected chi connectivity index (χ4v) is 5.94. The average molecular weight is 468 g/mol. The minimum Gasteiger partial charge on any atom is -0.403 e. The van der Waals surface area contributed by atoms with E-state index in [-0.39, 0.29) is 23.7 Å². The number of hydrogen-bond acceptors (Lipinski definition) is 1. The molecule has 1 fully saturated rings. The van der Waals surface area contributed by atoms with Gasteiger partial charge in [-0.1, -0.05) is 18.2 Å². The predicted octanol–water partition coefficient (Wildman–Crippen LogP) is 8.20. The maximum Gasteiger partial charge on any atom is 0.573 e. The van der Waals surface area contributed by atoms with Gasteiger partial charge in [0.05, 0.1) is 0 Å². The van der Waals surface area contributed by atoms with Crippen LogP contribution in [-0.2, 0) is 6.42 Å². The molecule has 4 rings (SSSR count). The van der Waals surface area contributed by atoms with Crippen molar-refractivity contribution in [2.24, 2.45) is 11.8 Å². The molecular formula is C26H26F6O. The van der Waals surface area contributed by atoms with Gasteiger partial charge in [-0.2, -0.15) is 0 Å². The molecule has 0 N–H and O–H groups in total. The molecule has 33 heavy (non-hydrogen) atoms. The van der Waals surface area contributed by atoms with E-state index < -0.39 is 29.6 Å². The lowest BCUT2D eigenvalue weighted by Gasteiger charge is -2.47. The van der Waals surface area contributed by atoms with Crippen molar-refractivity contribution >= 4 is 0 Å². The molecule has 2 aliphatic carbocycles. The molecule has 0 bridgehead atoms. The maximum absolute atomic E-state index is 14.6. The molecule has 0 heterocycles. The highest BCUT2D eigenvalue weighted by atomic mass is 19.4. The van der Waals surface area contributed by atoms with Gasteiger partial charge in [-0.3, -0.25) is 0 Å². The van der Waals surface area contributed by atoms with E-state index >= 15 is 0 Å². The van der Waals surface area contributed by atoms with Crippen molar-refractivity contribution in [1.29, 1.82) is 0 Å². The molecule has 1 saturated carbocycles. The summed E-state index contributed by atoms with van der Waals surface area (Å²) in [5.41, 5.74) is 1.84. The van der Waals surface area contributed by atoms with Gasteiger partial charge in [0.15, 0.2) is 11.6 Å². The second-order valence-corrected chi connectivity index (χ2v) is 9.01. The number of alkyl halides is 3. The van der Waals surface area contributed by atoms with Gasteiger partial charge in [-0.15, -0.1) is 13.2 Å². The van der Waals surface area contributed by atoms with Crippen LogP contribution >= 0.6 is 0 Å². The number of fused-ring (bicyclic) bond motifs is 3. The monoisotopic (exact) mass is 468 g/mol. The Labute approximate surface area is 189 Å². The lowest BCUT2D eigenvalue weighted by Crippen LogP contribution is -2.35. The second kappa shape index (κ2) is 9.43. The molecular weight excluding hydrogens is 442 g/mol. The molecule has 4 atom stereocenters. The first-order chi connectivity index (χ1) is 15.7. The average Bonchev–Trinajstić information content (AvgIpc) is 2.74. The minimum atomic E-state index is -4.98. The van der Waals surface area contributed by atoms with Gasteiger partial charge in [0, 0.05) is 6.07 Å². The summed E-state index contributed by atoms with van der Waals surface area (Å²) in [6, 6.07) is 5.99. The van der Waals surface area contributed by atoms with Crippen LogP contribution in [-0.4, -0.2) is 6.36 Å². The number of allylic oxidation sites excluding steroid dienone is 2. The van der Waals surface area contributed by atoms with Crippen LogP contribution in [0.3, 0.4) is 0 Å². The van der Waals surface area contributed by atoms with Crippen LogP contribution in [0.2, 0.25) is 0 Å². The smallest absolute Gasteiger partial charge is 0.403 e. The van der Waals surface area contributed by atoms with E-state index in [0.29, 0.717) is 29.5 Å². The number of rotatable bonds is 5. The largest absolute Gasteiger partial charge is 0.573 e. The summed E-state index contributed by atoms with van der Waals surface area (Å²) in [7, 11) is 0. The summed E-state index contributed by atoms with van der Waals surface area (Å²) in [4.78, 5) is 0. The molecule has 0 aromatic heterocycles. The first kappa shape index (κ1) is 23.7. The fraction of sp³-hybridized carbons (Fsp3) is 0.462. The molecule has 1 nitrogen and oxygen atoms in total. The van der Waals surface area contributed by atoms with Crippen LogP contribution < -0.4 is 4.74 Å². The third-order valence-corrected chi connectivity index (χ3v) is 7.16. The highest BCUT2D eigenvalue weighted by Gasteiger charge is 2.44. The first-order valence-electron chi connectivity index (χ1n) is 11.3. The van der Waals surface area contributed by atoms with Crippen molar-refractivity contribution < 1.29 is 31.1 Å². The van der Waals surface area contributed by atoms with E-state index in [4.69, 9.17) is 0 Å². The Morgan fingerprint density at radius 3 is 2.48 bits per heavy atom. The van der Waals surface area contributed by atoms with E-state index in [9.17, 15) is 26.3 Å². The van der Waals surface area contributed by atoms with Gasteiger partial charge < -0.3 is 4.74 Å². The molecule has 0 saturated heterocycles. The Morgan fingerprint density at radius 1 is 1.00 bits per heavy atom. The van der Waals surface area contributed by atoms with Gasteiger partial charge in [-0.05, 0) is 104 Å². The topological polar surface area (TPSA) is 9.23 Å². The summed E-state index contributed by atoms with van der Waals surface area (Å²) in [6.07, 6.45) is 3.42. The van der Waals surface area contributed by atoms with Crippen LogP contribution in [0.25, 0.3) is 0 Å². The number of ether oxygens (including phenoxy) is 1. The number of halogens is 6. The van der Waals surface area contributed by atoms with E-state index in [2.05, 4.69) is 10.8 Å². The van der Waals surface area contributed by atoms with Crippen molar-refractivity contribution in [3.63, 3.8) is 0 Å². The number of benzene rings is 2. The van der Waals surface area contributed by atoms with E-state index in [1.807, 2.05) is 13.0 Å². The van der Waals surface area contributed by atoms with Crippen LogP contribution in [0.4, 0.5) is 26.3 Å². The van der Waals surface area contributed by atoms with Crippen molar-refractivity contribution in [1.82, 2.24) is 0 Å². The Morgan fingerprint density at radius 2 is 1.79 bits per heavy atom. The zero-order valence-corrected chi connectivity index (χ0v) is 18.3. The molecule has 2 aliphatic rings. The standard InChI is InChI=1S/C26H26F6O/c1-2-3-4-5-15-6-8-18-20(10-9-19-21(18)13-17(27)14-22(19)28)25(15)16-7-11-24(23(29)12-16)33-26(30,31)32/h2-3,7,11-15,18,20,25H,4-6,8-10H2,1H3/b3-2+/t15-,18-,20+,25-/m1/s1. The van der Waals surface area contributed by atoms with Crippen LogP contribution in [0.5, 0.6) is 5.75 Å². The van der Waals surface area contributed by atoms with E-state index in [0.717, 1.165) is 43.9 Å². The van der Waals surface area contributed by atoms with Gasteiger partial charge >= 0.3 is 6.36 Å². The molecule has 0 spiro atoms. The lowest BCUT2D eigenvalue weighted by atomic mass is 9.57. The van der Waals surface area contributed by atoms with Crippen LogP contribution in [0, 0.1) is 29.3 Å². The molecule has 0 amide bonds. The highest BCUT2D eigenvalue weighted by Crippen LogP contribution is 2.55. The summed E-state index contributed by atoms with van der Waals surface area (Å²) < 4.78 is 84.6. The fourth-order valence-electron chi connectivity index (χ4n) is 5.94.